The third-order valence-electron chi connectivity index (χ3n) is 17.7. The molecule has 7 rings (SSSR count). The summed E-state index contributed by atoms with van der Waals surface area (Å²) in [5, 5.41) is 8.62. The minimum Gasteiger partial charge on any atom is -0.451 e. The molecule has 28 heteroatoms. The van der Waals surface area contributed by atoms with Gasteiger partial charge in [0.15, 0.2) is 24.4 Å². The predicted octanol–water partition coefficient (Wildman–Crippen LogP) is 5.72. The third kappa shape index (κ3) is 19.4. The van der Waals surface area contributed by atoms with Crippen molar-refractivity contribution in [3.05, 3.63) is 95.6 Å². The molecular formula is C68H98N10O16S2. The van der Waals surface area contributed by atoms with E-state index in [1.807, 2.05) is 55.4 Å². The number of aromatic nitrogens is 4. The highest BCUT2D eigenvalue weighted by Crippen LogP contribution is 2.27. The summed E-state index contributed by atoms with van der Waals surface area (Å²) >= 11 is 0. The average Bonchev–Trinajstić information content (AvgIpc) is 1.63. The summed E-state index contributed by atoms with van der Waals surface area (Å²) < 4.78 is 83.2. The fourth-order valence-electron chi connectivity index (χ4n) is 12.1. The summed E-state index contributed by atoms with van der Waals surface area (Å²) in [6.45, 7) is 19.4. The number of sulfonamides is 2. The second-order valence-corrected chi connectivity index (χ2v) is 31.3. The van der Waals surface area contributed by atoms with Crippen LogP contribution in [0.5, 0.6) is 0 Å². The lowest BCUT2D eigenvalue weighted by atomic mass is 9.99. The SMILES string of the molecule is CC(C)C[C@H]1C(=O)O[C@H](Cc2ccc(Cn3cc(S(=O)(=O)N4CCCC4)cn3)cc2)C(=O)N(C)[C@@H](CC(C)C)C(=O)O[C@H](C)C(=O)N(C)[C@@H](CC(C)C)C(=O)O[C@H](Cc2ccc(Cn3cc(S(=O)(=O)N4CCCC4)cn3)cc2)C(=O)N(C)[C@@H](CC(C)C)C(=O)O[C@H](C)C(=O)N1C. The first-order valence-corrected chi connectivity index (χ1v) is 36.1. The normalized spacial score (nSPS) is 23.8. The topological polar surface area (TPSA) is 297 Å². The van der Waals surface area contributed by atoms with Crippen molar-refractivity contribution in [2.45, 2.75) is 205 Å². The van der Waals surface area contributed by atoms with Gasteiger partial charge in [0.05, 0.1) is 25.5 Å². The fraction of sp³-hybridized carbons (Fsp3) is 0.618. The molecule has 26 nitrogen and oxygen atoms in total. The smallest absolute Gasteiger partial charge is 0.329 e. The van der Waals surface area contributed by atoms with Gasteiger partial charge in [-0.25, -0.2) is 36.0 Å². The highest BCUT2D eigenvalue weighted by atomic mass is 32.2. The van der Waals surface area contributed by atoms with E-state index in [0.717, 1.165) is 56.4 Å². The molecule has 3 aliphatic rings. The van der Waals surface area contributed by atoms with Crippen LogP contribution in [0.4, 0.5) is 0 Å². The molecule has 4 amide bonds. The highest BCUT2D eigenvalue weighted by molar-refractivity contribution is 7.89. The molecule has 0 spiro atoms. The Morgan fingerprint density at radius 1 is 0.406 bits per heavy atom. The number of nitrogens with zero attached hydrogens (tertiary/aromatic N) is 10. The van der Waals surface area contributed by atoms with Gasteiger partial charge in [0.25, 0.3) is 23.6 Å². The Bertz CT molecular complexity index is 3350. The number of cyclic esters (lactones) is 4. The van der Waals surface area contributed by atoms with Crippen LogP contribution in [-0.2, 0) is 103 Å². The Balaban J connectivity index is 1.21. The number of ether oxygens (including phenoxy) is 4. The van der Waals surface area contributed by atoms with Crippen LogP contribution in [0.25, 0.3) is 0 Å². The van der Waals surface area contributed by atoms with E-state index >= 15 is 9.59 Å². The molecule has 0 N–H and O–H groups in total. The van der Waals surface area contributed by atoms with Crippen molar-refractivity contribution in [1.82, 2.24) is 47.8 Å². The van der Waals surface area contributed by atoms with Crippen LogP contribution in [0.15, 0.2) is 83.1 Å². The highest BCUT2D eigenvalue weighted by Gasteiger charge is 2.43. The van der Waals surface area contributed by atoms with E-state index in [2.05, 4.69) is 10.2 Å². The molecule has 8 atom stereocenters. The van der Waals surface area contributed by atoms with E-state index in [4.69, 9.17) is 18.9 Å². The summed E-state index contributed by atoms with van der Waals surface area (Å²) in [7, 11) is -2.01. The van der Waals surface area contributed by atoms with E-state index in [0.29, 0.717) is 37.3 Å². The zero-order valence-electron chi connectivity index (χ0n) is 58.0. The van der Waals surface area contributed by atoms with Crippen LogP contribution in [0.1, 0.15) is 143 Å². The quantitative estimate of drug-likeness (QED) is 0.0754. The number of esters is 4. The van der Waals surface area contributed by atoms with Gasteiger partial charge in [-0.1, -0.05) is 104 Å². The van der Waals surface area contributed by atoms with E-state index in [1.54, 1.807) is 48.5 Å². The Labute approximate surface area is 565 Å². The second kappa shape index (κ2) is 33.1. The summed E-state index contributed by atoms with van der Waals surface area (Å²) in [5.41, 5.74) is 2.48. The molecule has 528 valence electrons. The van der Waals surface area contributed by atoms with E-state index in [1.165, 1.54) is 84.8 Å². The Hall–Kier alpha value is -7.56. The number of carbonyl (C=O) groups excluding carboxylic acids is 8. The standard InChI is InChI=1S/C68H98N10O16S2/c1-43(2)31-55-65(83)91-47(9)61(79)71(11)58(34-46(7)8)68(86)94-60(36-50-21-25-52(26-22-50)40-76-42-54(38-70-76)96(89,90)78-29-17-18-30-78)64(82)74(14)56(32-44(3)4)66(84)92-48(10)62(80)72(12)57(33-45(5)6)67(85)93-59(63(81)73(55)13)35-49-19-23-51(24-20-49)39-75-41-53(37-69-75)95(87,88)77-27-15-16-28-77/h19-26,37-38,41-48,55-60H,15-18,27-36,39-40H2,1-14H3/t47-,48-,55+,56+,57+,58+,59-,60-/m1/s1. The Kier molecular flexibility index (Phi) is 26.2. The summed E-state index contributed by atoms with van der Waals surface area (Å²) in [6.07, 6.45) is 1.97. The first-order valence-electron chi connectivity index (χ1n) is 33.3. The molecule has 0 saturated carbocycles. The minimum absolute atomic E-state index is 0.0228. The summed E-state index contributed by atoms with van der Waals surface area (Å²) in [5.74, 6) is -8.16. The van der Waals surface area contributed by atoms with Gasteiger partial charge in [-0.15, -0.1) is 0 Å². The van der Waals surface area contributed by atoms with Crippen LogP contribution >= 0.6 is 0 Å². The fourth-order valence-corrected chi connectivity index (χ4v) is 15.1. The maximum atomic E-state index is 15.2. The van der Waals surface area contributed by atoms with Crippen molar-refractivity contribution >= 4 is 67.6 Å². The predicted molar refractivity (Wildman–Crippen MR) is 354 cm³/mol. The zero-order chi connectivity index (χ0) is 70.7. The molecule has 0 bridgehead atoms. The third-order valence-corrected chi connectivity index (χ3v) is 21.4. The molecule has 2 aromatic heterocycles. The molecule has 0 unspecified atom stereocenters. The molecule has 5 heterocycles. The van der Waals surface area contributed by atoms with Gasteiger partial charge in [-0.05, 0) is 111 Å². The summed E-state index contributed by atoms with van der Waals surface area (Å²) in [4.78, 5) is 123. The van der Waals surface area contributed by atoms with Gasteiger partial charge < -0.3 is 38.5 Å². The van der Waals surface area contributed by atoms with Gasteiger partial charge in [-0.2, -0.15) is 18.8 Å². The maximum Gasteiger partial charge on any atom is 0.329 e. The first kappa shape index (κ1) is 75.8. The Morgan fingerprint density at radius 3 is 0.948 bits per heavy atom. The molecule has 0 radical (unpaired) electrons. The van der Waals surface area contributed by atoms with Crippen molar-refractivity contribution in [2.75, 3.05) is 54.4 Å². The van der Waals surface area contributed by atoms with Crippen LogP contribution in [0.3, 0.4) is 0 Å². The molecule has 3 saturated heterocycles. The zero-order valence-corrected chi connectivity index (χ0v) is 59.6. The lowest BCUT2D eigenvalue weighted by molar-refractivity contribution is -0.176. The second-order valence-electron chi connectivity index (χ2n) is 27.4. The Morgan fingerprint density at radius 2 is 0.667 bits per heavy atom. The number of likely N-dealkylation sites (N-methyl/N-ethyl adjacent to an activating group) is 4. The molecule has 96 heavy (non-hydrogen) atoms. The average molecular weight is 1380 g/mol. The van der Waals surface area contributed by atoms with Crippen molar-refractivity contribution in [1.29, 1.82) is 0 Å². The van der Waals surface area contributed by atoms with Gasteiger partial charge in [0, 0.05) is 79.6 Å². The van der Waals surface area contributed by atoms with Gasteiger partial charge in [-0.3, -0.25) is 28.5 Å². The van der Waals surface area contributed by atoms with Crippen LogP contribution in [0, 0.1) is 23.7 Å². The van der Waals surface area contributed by atoms with Crippen molar-refractivity contribution < 1.29 is 74.1 Å². The number of hydrogen-bond donors (Lipinski definition) is 0. The number of amides is 4. The van der Waals surface area contributed by atoms with Crippen molar-refractivity contribution in [3.63, 3.8) is 0 Å². The molecule has 4 aromatic rings. The number of rotatable bonds is 20. The van der Waals surface area contributed by atoms with E-state index in [9.17, 15) is 45.6 Å². The van der Waals surface area contributed by atoms with Gasteiger partial charge in [0.1, 0.15) is 34.0 Å². The largest absolute Gasteiger partial charge is 0.451 e. The maximum absolute atomic E-state index is 15.2. The number of benzene rings is 2. The van der Waals surface area contributed by atoms with Crippen molar-refractivity contribution in [3.8, 4) is 0 Å². The molecular weight excluding hydrogens is 1280 g/mol. The summed E-state index contributed by atoms with van der Waals surface area (Å²) in [6, 6.07) is 8.43. The van der Waals surface area contributed by atoms with Crippen molar-refractivity contribution in [2.24, 2.45) is 23.7 Å². The number of hydrogen-bond acceptors (Lipinski definition) is 18. The number of carbonyl (C=O) groups is 8. The van der Waals surface area contributed by atoms with Gasteiger partial charge >= 0.3 is 23.9 Å². The molecule has 3 aliphatic heterocycles. The minimum atomic E-state index is -3.71. The van der Waals surface area contributed by atoms with Gasteiger partial charge in [0.2, 0.25) is 20.0 Å². The first-order chi connectivity index (χ1) is 45.2. The molecule has 3 fully saturated rings. The molecule has 0 aliphatic carbocycles. The van der Waals surface area contributed by atoms with E-state index < -0.39 is 116 Å². The lowest BCUT2D eigenvalue weighted by Crippen LogP contribution is -2.55. The van der Waals surface area contributed by atoms with E-state index in [-0.39, 0.29) is 85.1 Å². The molecule has 2 aromatic carbocycles. The van der Waals surface area contributed by atoms with Crippen LogP contribution < -0.4 is 0 Å². The lowest BCUT2D eigenvalue weighted by Gasteiger charge is -2.35. The van der Waals surface area contributed by atoms with Crippen LogP contribution in [-0.4, -0.2) is 215 Å². The monoisotopic (exact) mass is 1370 g/mol. The van der Waals surface area contributed by atoms with Crippen LogP contribution in [0.2, 0.25) is 0 Å².